The van der Waals surface area contributed by atoms with E-state index < -0.39 is 0 Å². The standard InChI is InChI=1S/C15H25N5/c16-15-5-1-3-12(20-15)7-11-8-17-10-14(11)19-9-13-4-2-6-18-13/h1,3,5,11,13-14,17-19H,2,4,6-10H2,(H2,16,20)/t11-,13+,14-/m1/s1. The summed E-state index contributed by atoms with van der Waals surface area (Å²) >= 11 is 0. The van der Waals surface area contributed by atoms with Gasteiger partial charge in [-0.15, -0.1) is 0 Å². The number of nitrogens with two attached hydrogens (primary N) is 1. The summed E-state index contributed by atoms with van der Waals surface area (Å²) in [5.41, 5.74) is 6.86. The fourth-order valence-corrected chi connectivity index (χ4v) is 3.29. The van der Waals surface area contributed by atoms with Crippen molar-refractivity contribution in [1.82, 2.24) is 20.9 Å². The van der Waals surface area contributed by atoms with Gasteiger partial charge in [0.25, 0.3) is 0 Å². The Balaban J connectivity index is 1.52. The second-order valence-electron chi connectivity index (χ2n) is 5.98. The molecule has 0 bridgehead atoms. The molecule has 1 aromatic rings. The third-order valence-corrected chi connectivity index (χ3v) is 4.43. The molecule has 5 nitrogen and oxygen atoms in total. The van der Waals surface area contributed by atoms with Crippen molar-refractivity contribution in [1.29, 1.82) is 0 Å². The zero-order chi connectivity index (χ0) is 13.8. The Kier molecular flexibility index (Phi) is 4.50. The number of rotatable bonds is 5. The lowest BCUT2D eigenvalue weighted by Gasteiger charge is -2.22. The van der Waals surface area contributed by atoms with Gasteiger partial charge in [-0.2, -0.15) is 0 Å². The maximum Gasteiger partial charge on any atom is 0.123 e. The molecule has 5 heteroatoms. The Morgan fingerprint density at radius 2 is 2.30 bits per heavy atom. The van der Waals surface area contributed by atoms with Crippen LogP contribution in [0, 0.1) is 5.92 Å². The normalized spacial score (nSPS) is 29.9. The maximum absolute atomic E-state index is 5.76. The van der Waals surface area contributed by atoms with Crippen LogP contribution in [0.15, 0.2) is 18.2 Å². The number of nitrogens with zero attached hydrogens (tertiary/aromatic N) is 1. The predicted molar refractivity (Wildman–Crippen MR) is 81.5 cm³/mol. The second kappa shape index (κ2) is 6.52. The van der Waals surface area contributed by atoms with Crippen LogP contribution in [-0.2, 0) is 6.42 Å². The number of pyridine rings is 1. The molecule has 3 atom stereocenters. The van der Waals surface area contributed by atoms with Gasteiger partial charge in [0.15, 0.2) is 0 Å². The molecule has 0 unspecified atom stereocenters. The van der Waals surface area contributed by atoms with Gasteiger partial charge in [-0.25, -0.2) is 4.98 Å². The summed E-state index contributed by atoms with van der Waals surface area (Å²) in [6.45, 7) is 4.37. The van der Waals surface area contributed by atoms with Crippen molar-refractivity contribution in [3.05, 3.63) is 23.9 Å². The molecule has 2 saturated heterocycles. The van der Waals surface area contributed by atoms with E-state index in [4.69, 9.17) is 5.73 Å². The first kappa shape index (κ1) is 13.8. The number of nitrogen functional groups attached to an aromatic ring is 1. The molecule has 3 heterocycles. The van der Waals surface area contributed by atoms with Gasteiger partial charge in [-0.05, 0) is 50.4 Å². The highest BCUT2D eigenvalue weighted by molar-refractivity contribution is 5.29. The van der Waals surface area contributed by atoms with Crippen molar-refractivity contribution < 1.29 is 0 Å². The molecule has 0 aromatic carbocycles. The van der Waals surface area contributed by atoms with E-state index in [-0.39, 0.29) is 0 Å². The number of hydrogen-bond acceptors (Lipinski definition) is 5. The minimum absolute atomic E-state index is 0.542. The van der Waals surface area contributed by atoms with Gasteiger partial charge >= 0.3 is 0 Å². The molecule has 0 spiro atoms. The van der Waals surface area contributed by atoms with Crippen molar-refractivity contribution in [2.24, 2.45) is 5.92 Å². The smallest absolute Gasteiger partial charge is 0.123 e. The topological polar surface area (TPSA) is 75.0 Å². The predicted octanol–water partition coefficient (Wildman–Crippen LogP) is 0.136. The minimum atomic E-state index is 0.542. The lowest BCUT2D eigenvalue weighted by molar-refractivity contribution is 0.399. The molecule has 20 heavy (non-hydrogen) atoms. The van der Waals surface area contributed by atoms with Crippen LogP contribution in [-0.4, -0.2) is 43.2 Å². The van der Waals surface area contributed by atoms with Crippen molar-refractivity contribution in [2.75, 3.05) is 31.9 Å². The van der Waals surface area contributed by atoms with E-state index in [1.54, 1.807) is 0 Å². The average molecular weight is 275 g/mol. The fraction of sp³-hybridized carbons (Fsp3) is 0.667. The van der Waals surface area contributed by atoms with Crippen LogP contribution >= 0.6 is 0 Å². The van der Waals surface area contributed by atoms with E-state index in [1.165, 1.54) is 19.4 Å². The Bertz CT molecular complexity index is 430. The molecule has 3 rings (SSSR count). The molecule has 110 valence electrons. The highest BCUT2D eigenvalue weighted by atomic mass is 15.1. The number of aromatic nitrogens is 1. The maximum atomic E-state index is 5.76. The Labute approximate surface area is 120 Å². The van der Waals surface area contributed by atoms with Gasteiger partial charge in [0.1, 0.15) is 5.82 Å². The summed E-state index contributed by atoms with van der Waals surface area (Å²) in [4.78, 5) is 4.42. The number of hydrogen-bond donors (Lipinski definition) is 4. The molecular formula is C15H25N5. The van der Waals surface area contributed by atoms with Crippen LogP contribution in [0.3, 0.4) is 0 Å². The van der Waals surface area contributed by atoms with E-state index in [9.17, 15) is 0 Å². The summed E-state index contributed by atoms with van der Waals surface area (Å²) in [6, 6.07) is 7.11. The molecule has 5 N–H and O–H groups in total. The molecule has 1 aromatic heterocycles. The van der Waals surface area contributed by atoms with Crippen molar-refractivity contribution in [3.63, 3.8) is 0 Å². The highest BCUT2D eigenvalue weighted by Gasteiger charge is 2.28. The third kappa shape index (κ3) is 3.48. The molecule has 0 saturated carbocycles. The first-order valence-electron chi connectivity index (χ1n) is 7.70. The van der Waals surface area contributed by atoms with Crippen LogP contribution in [0.25, 0.3) is 0 Å². The minimum Gasteiger partial charge on any atom is -0.384 e. The number of nitrogens with one attached hydrogen (secondary N) is 3. The monoisotopic (exact) mass is 275 g/mol. The van der Waals surface area contributed by atoms with Gasteiger partial charge < -0.3 is 21.7 Å². The van der Waals surface area contributed by atoms with Crippen LogP contribution in [0.4, 0.5) is 5.82 Å². The molecular weight excluding hydrogens is 250 g/mol. The van der Waals surface area contributed by atoms with Crippen LogP contribution in [0.5, 0.6) is 0 Å². The summed E-state index contributed by atoms with van der Waals surface area (Å²) in [5, 5.41) is 10.8. The van der Waals surface area contributed by atoms with Crippen LogP contribution in [0.2, 0.25) is 0 Å². The van der Waals surface area contributed by atoms with Crippen LogP contribution in [0.1, 0.15) is 18.5 Å². The zero-order valence-electron chi connectivity index (χ0n) is 11.9. The zero-order valence-corrected chi connectivity index (χ0v) is 11.9. The van der Waals surface area contributed by atoms with Crippen molar-refractivity contribution in [2.45, 2.75) is 31.3 Å². The summed E-state index contributed by atoms with van der Waals surface area (Å²) < 4.78 is 0. The molecule has 0 radical (unpaired) electrons. The first-order chi connectivity index (χ1) is 9.81. The van der Waals surface area contributed by atoms with E-state index >= 15 is 0 Å². The van der Waals surface area contributed by atoms with E-state index in [1.807, 2.05) is 12.1 Å². The van der Waals surface area contributed by atoms with Crippen molar-refractivity contribution in [3.8, 4) is 0 Å². The molecule has 0 amide bonds. The molecule has 2 aliphatic rings. The largest absolute Gasteiger partial charge is 0.384 e. The third-order valence-electron chi connectivity index (χ3n) is 4.43. The lowest BCUT2D eigenvalue weighted by Crippen LogP contribution is -2.43. The van der Waals surface area contributed by atoms with Crippen LogP contribution < -0.4 is 21.7 Å². The van der Waals surface area contributed by atoms with Gasteiger partial charge in [0.05, 0.1) is 0 Å². The van der Waals surface area contributed by atoms with E-state index in [2.05, 4.69) is 27.0 Å². The Morgan fingerprint density at radius 3 is 3.10 bits per heavy atom. The Hall–Kier alpha value is -1.17. The highest BCUT2D eigenvalue weighted by Crippen LogP contribution is 2.16. The van der Waals surface area contributed by atoms with E-state index in [0.717, 1.165) is 31.7 Å². The Morgan fingerprint density at radius 1 is 1.35 bits per heavy atom. The van der Waals surface area contributed by atoms with Gasteiger partial charge in [0, 0.05) is 30.9 Å². The van der Waals surface area contributed by atoms with Crippen molar-refractivity contribution >= 4 is 5.82 Å². The van der Waals surface area contributed by atoms with Gasteiger partial charge in [-0.3, -0.25) is 0 Å². The lowest BCUT2D eigenvalue weighted by atomic mass is 9.97. The second-order valence-corrected chi connectivity index (χ2v) is 5.98. The summed E-state index contributed by atoms with van der Waals surface area (Å²) in [5.74, 6) is 1.22. The number of anilines is 1. The van der Waals surface area contributed by atoms with Gasteiger partial charge in [0.2, 0.25) is 0 Å². The quantitative estimate of drug-likeness (QED) is 0.615. The SMILES string of the molecule is Nc1cccc(C[C@@H]2CNC[C@H]2NC[C@@H]2CCCN2)n1. The molecule has 2 fully saturated rings. The average Bonchev–Trinajstić information content (AvgIpc) is 3.08. The van der Waals surface area contributed by atoms with Gasteiger partial charge in [-0.1, -0.05) is 6.07 Å². The van der Waals surface area contributed by atoms with E-state index in [0.29, 0.717) is 23.8 Å². The molecule has 0 aliphatic carbocycles. The fourth-order valence-electron chi connectivity index (χ4n) is 3.29. The molecule has 2 aliphatic heterocycles. The first-order valence-corrected chi connectivity index (χ1v) is 7.70. The summed E-state index contributed by atoms with van der Waals surface area (Å²) in [6.07, 6.45) is 3.61. The summed E-state index contributed by atoms with van der Waals surface area (Å²) in [7, 11) is 0.